The molecule has 0 bridgehead atoms. The minimum atomic E-state index is -0.492. The lowest BCUT2D eigenvalue weighted by Gasteiger charge is -2.35. The van der Waals surface area contributed by atoms with Crippen molar-refractivity contribution >= 4 is 23.2 Å². The van der Waals surface area contributed by atoms with Gasteiger partial charge in [0.2, 0.25) is 0 Å². The highest BCUT2D eigenvalue weighted by Gasteiger charge is 2.24. The highest BCUT2D eigenvalue weighted by Crippen LogP contribution is 2.20. The van der Waals surface area contributed by atoms with Gasteiger partial charge in [0.25, 0.3) is 11.6 Å². The lowest BCUT2D eigenvalue weighted by atomic mass is 10.1. The van der Waals surface area contributed by atoms with Gasteiger partial charge in [-0.1, -0.05) is 6.07 Å². The normalized spacial score (nSPS) is 14.1. The molecule has 1 aliphatic heterocycles. The van der Waals surface area contributed by atoms with Crippen LogP contribution in [-0.2, 0) is 0 Å². The number of nitro benzene ring substituents is 1. The Labute approximate surface area is 157 Å². The van der Waals surface area contributed by atoms with E-state index in [1.165, 1.54) is 18.2 Å². The maximum Gasteiger partial charge on any atom is 0.270 e. The number of carbonyl (C=O) groups excluding carboxylic acids is 1. The van der Waals surface area contributed by atoms with Crippen molar-refractivity contribution in [2.24, 2.45) is 0 Å². The molecule has 1 saturated heterocycles. The number of amides is 1. The summed E-state index contributed by atoms with van der Waals surface area (Å²) in [5.74, 6) is 2.13. The third-order valence-electron chi connectivity index (χ3n) is 4.38. The molecule has 0 saturated carbocycles. The molecule has 9 nitrogen and oxygen atoms in total. The zero-order chi connectivity index (χ0) is 19.4. The predicted octanol–water partition coefficient (Wildman–Crippen LogP) is 2.09. The molecular weight excluding hydrogens is 348 g/mol. The molecule has 9 heteroatoms. The van der Waals surface area contributed by atoms with Crippen LogP contribution in [0.25, 0.3) is 0 Å². The van der Waals surface area contributed by atoms with Gasteiger partial charge < -0.3 is 15.1 Å². The highest BCUT2D eigenvalue weighted by molar-refractivity contribution is 5.95. The van der Waals surface area contributed by atoms with Crippen molar-refractivity contribution in [2.75, 3.05) is 42.9 Å². The van der Waals surface area contributed by atoms with Crippen LogP contribution in [0.2, 0.25) is 0 Å². The van der Waals surface area contributed by atoms with E-state index in [-0.39, 0.29) is 11.6 Å². The largest absolute Gasteiger partial charge is 0.370 e. The number of rotatable bonds is 5. The molecule has 0 radical (unpaired) electrons. The van der Waals surface area contributed by atoms with Crippen molar-refractivity contribution in [2.45, 2.75) is 13.8 Å². The van der Waals surface area contributed by atoms with Crippen LogP contribution in [-0.4, -0.2) is 58.4 Å². The molecule has 142 valence electrons. The number of carbonyl (C=O) groups is 1. The second-order valence-corrected chi connectivity index (χ2v) is 6.28. The summed E-state index contributed by atoms with van der Waals surface area (Å²) in [5.41, 5.74) is 0.261. The minimum Gasteiger partial charge on any atom is -0.370 e. The van der Waals surface area contributed by atoms with Gasteiger partial charge in [-0.2, -0.15) is 0 Å². The maximum atomic E-state index is 12.7. The molecule has 2 heterocycles. The van der Waals surface area contributed by atoms with Crippen LogP contribution in [0.15, 0.2) is 30.3 Å². The van der Waals surface area contributed by atoms with Gasteiger partial charge in [-0.25, -0.2) is 9.97 Å². The third-order valence-corrected chi connectivity index (χ3v) is 4.38. The molecule has 0 atom stereocenters. The Morgan fingerprint density at radius 2 is 1.96 bits per heavy atom. The molecular formula is C18H22N6O3. The van der Waals surface area contributed by atoms with Crippen LogP contribution >= 0.6 is 0 Å². The number of aromatic nitrogens is 2. The Kier molecular flexibility index (Phi) is 5.49. The zero-order valence-electron chi connectivity index (χ0n) is 15.4. The summed E-state index contributed by atoms with van der Waals surface area (Å²) in [5, 5.41) is 14.1. The number of nitrogens with one attached hydrogen (secondary N) is 1. The first kappa shape index (κ1) is 18.6. The second kappa shape index (κ2) is 7.98. The van der Waals surface area contributed by atoms with Gasteiger partial charge in [-0.15, -0.1) is 0 Å². The summed E-state index contributed by atoms with van der Waals surface area (Å²) in [6, 6.07) is 7.76. The average Bonchev–Trinajstić information content (AvgIpc) is 2.67. The van der Waals surface area contributed by atoms with Crippen molar-refractivity contribution in [3.8, 4) is 0 Å². The van der Waals surface area contributed by atoms with E-state index in [2.05, 4.69) is 20.2 Å². The first-order valence-corrected chi connectivity index (χ1v) is 8.86. The van der Waals surface area contributed by atoms with Gasteiger partial charge in [0.1, 0.15) is 17.5 Å². The number of anilines is 2. The number of piperazine rings is 1. The van der Waals surface area contributed by atoms with E-state index < -0.39 is 4.92 Å². The van der Waals surface area contributed by atoms with Gasteiger partial charge in [0.05, 0.1) is 4.92 Å². The highest BCUT2D eigenvalue weighted by atomic mass is 16.6. The van der Waals surface area contributed by atoms with Crippen molar-refractivity contribution in [1.82, 2.24) is 14.9 Å². The molecule has 27 heavy (non-hydrogen) atoms. The van der Waals surface area contributed by atoms with Crippen molar-refractivity contribution in [3.05, 3.63) is 51.8 Å². The van der Waals surface area contributed by atoms with Crippen LogP contribution in [0.5, 0.6) is 0 Å². The first-order valence-electron chi connectivity index (χ1n) is 8.86. The van der Waals surface area contributed by atoms with Gasteiger partial charge >= 0.3 is 0 Å². The quantitative estimate of drug-likeness (QED) is 0.635. The number of benzene rings is 1. The van der Waals surface area contributed by atoms with Crippen LogP contribution in [0.3, 0.4) is 0 Å². The molecule has 1 N–H and O–H groups in total. The lowest BCUT2D eigenvalue weighted by molar-refractivity contribution is -0.384. The van der Waals surface area contributed by atoms with E-state index in [9.17, 15) is 14.9 Å². The molecule has 0 spiro atoms. The summed E-state index contributed by atoms with van der Waals surface area (Å²) in [6.07, 6.45) is 0. The van der Waals surface area contributed by atoms with E-state index in [0.717, 1.165) is 18.2 Å². The Morgan fingerprint density at radius 1 is 1.22 bits per heavy atom. The smallest absolute Gasteiger partial charge is 0.270 e. The lowest BCUT2D eigenvalue weighted by Crippen LogP contribution is -2.49. The van der Waals surface area contributed by atoms with Crippen molar-refractivity contribution in [1.29, 1.82) is 0 Å². The van der Waals surface area contributed by atoms with E-state index >= 15 is 0 Å². The summed E-state index contributed by atoms with van der Waals surface area (Å²) in [7, 11) is 0. The van der Waals surface area contributed by atoms with E-state index in [0.29, 0.717) is 37.6 Å². The molecule has 0 unspecified atom stereocenters. The molecule has 1 amide bonds. The number of hydrogen-bond donors (Lipinski definition) is 1. The number of aryl methyl sites for hydroxylation is 1. The molecule has 0 aliphatic carbocycles. The molecule has 1 aromatic heterocycles. The molecule has 3 rings (SSSR count). The second-order valence-electron chi connectivity index (χ2n) is 6.28. The molecule has 2 aromatic rings. The Bertz CT molecular complexity index is 849. The Morgan fingerprint density at radius 3 is 2.63 bits per heavy atom. The molecule has 1 fully saturated rings. The third kappa shape index (κ3) is 4.30. The molecule has 1 aliphatic rings. The topological polar surface area (TPSA) is 104 Å². The fourth-order valence-corrected chi connectivity index (χ4v) is 3.06. The standard InChI is InChI=1S/C18H22N6O3/c1-3-19-16-12-17(21-13(2)20-16)22-7-9-23(10-8-22)18(25)14-5-4-6-15(11-14)24(26)27/h4-6,11-12H,3,7-10H2,1-2H3,(H,19,20,21). The van der Waals surface area contributed by atoms with Gasteiger partial charge in [0, 0.05) is 56.5 Å². The van der Waals surface area contributed by atoms with Crippen molar-refractivity contribution in [3.63, 3.8) is 0 Å². The summed E-state index contributed by atoms with van der Waals surface area (Å²) >= 11 is 0. The maximum absolute atomic E-state index is 12.7. The van der Waals surface area contributed by atoms with Crippen LogP contribution in [0, 0.1) is 17.0 Å². The number of nitro groups is 1. The Hall–Kier alpha value is -3.23. The van der Waals surface area contributed by atoms with Gasteiger partial charge in [0.15, 0.2) is 0 Å². The van der Waals surface area contributed by atoms with Crippen LogP contribution < -0.4 is 10.2 Å². The summed E-state index contributed by atoms with van der Waals surface area (Å²) < 4.78 is 0. The van der Waals surface area contributed by atoms with Crippen LogP contribution in [0.4, 0.5) is 17.3 Å². The fourth-order valence-electron chi connectivity index (χ4n) is 3.06. The Balaban J connectivity index is 1.67. The average molecular weight is 370 g/mol. The fraction of sp³-hybridized carbons (Fsp3) is 0.389. The number of hydrogen-bond acceptors (Lipinski definition) is 7. The van der Waals surface area contributed by atoms with E-state index in [1.807, 2.05) is 19.9 Å². The van der Waals surface area contributed by atoms with E-state index in [1.54, 1.807) is 11.0 Å². The first-order chi connectivity index (χ1) is 13.0. The monoisotopic (exact) mass is 370 g/mol. The minimum absolute atomic E-state index is 0.0769. The SMILES string of the molecule is CCNc1cc(N2CCN(C(=O)c3cccc([N+](=O)[O-])c3)CC2)nc(C)n1. The van der Waals surface area contributed by atoms with Crippen molar-refractivity contribution < 1.29 is 9.72 Å². The van der Waals surface area contributed by atoms with Gasteiger partial charge in [-0.05, 0) is 19.9 Å². The number of non-ortho nitro benzene ring substituents is 1. The predicted molar refractivity (Wildman–Crippen MR) is 102 cm³/mol. The number of nitrogens with zero attached hydrogens (tertiary/aromatic N) is 5. The zero-order valence-corrected chi connectivity index (χ0v) is 15.4. The molecule has 1 aromatic carbocycles. The van der Waals surface area contributed by atoms with Crippen LogP contribution in [0.1, 0.15) is 23.1 Å². The van der Waals surface area contributed by atoms with Gasteiger partial charge in [-0.3, -0.25) is 14.9 Å². The summed E-state index contributed by atoms with van der Waals surface area (Å²) in [6.45, 7) is 6.98. The van der Waals surface area contributed by atoms with E-state index in [4.69, 9.17) is 0 Å². The summed E-state index contributed by atoms with van der Waals surface area (Å²) in [4.78, 5) is 35.8.